The van der Waals surface area contributed by atoms with Crippen LogP contribution >= 0.6 is 11.8 Å². The normalized spacial score (nSPS) is 16.9. The number of halogens is 1. The Labute approximate surface area is 105 Å². The summed E-state index contributed by atoms with van der Waals surface area (Å²) in [4.78, 5) is 0.663. The first-order valence-corrected chi connectivity index (χ1v) is 6.56. The molecule has 1 aromatic carbocycles. The molecule has 17 heavy (non-hydrogen) atoms. The summed E-state index contributed by atoms with van der Waals surface area (Å²) in [5.74, 6) is -0.207. The molecule has 2 rings (SSSR count). The minimum Gasteiger partial charge on any atom is -0.395 e. The summed E-state index contributed by atoms with van der Waals surface area (Å²) in [6, 6.07) is 5.21. The maximum Gasteiger partial charge on any atom is 0.137 e. The van der Waals surface area contributed by atoms with E-state index >= 15 is 0 Å². The van der Waals surface area contributed by atoms with Gasteiger partial charge >= 0.3 is 0 Å². The second-order valence-electron chi connectivity index (χ2n) is 4.96. The molecule has 1 heterocycles. The molecule has 4 heteroatoms. The van der Waals surface area contributed by atoms with Crippen LogP contribution in [0, 0.1) is 5.82 Å². The van der Waals surface area contributed by atoms with Gasteiger partial charge < -0.3 is 9.84 Å². The van der Waals surface area contributed by atoms with E-state index in [1.165, 1.54) is 17.8 Å². The predicted molar refractivity (Wildman–Crippen MR) is 67.0 cm³/mol. The number of rotatable bonds is 4. The third-order valence-corrected chi connectivity index (χ3v) is 4.20. The number of benzene rings is 1. The number of ether oxygens (including phenoxy) is 1. The van der Waals surface area contributed by atoms with Gasteiger partial charge in [0.2, 0.25) is 0 Å². The molecule has 1 saturated heterocycles. The van der Waals surface area contributed by atoms with Crippen LogP contribution in [0.1, 0.15) is 19.4 Å². The second kappa shape index (κ2) is 4.96. The first kappa shape index (κ1) is 12.9. The zero-order valence-corrected chi connectivity index (χ0v) is 10.9. The van der Waals surface area contributed by atoms with Gasteiger partial charge in [-0.05, 0) is 17.7 Å². The molecule has 2 nitrogen and oxygen atoms in total. The lowest BCUT2D eigenvalue weighted by Gasteiger charge is -2.26. The maximum atomic E-state index is 13.9. The SMILES string of the molecule is CC(C)(CO)c1ccc(SC2COC2)c(F)c1. The Kier molecular flexibility index (Phi) is 3.76. The van der Waals surface area contributed by atoms with Crippen LogP contribution in [0.25, 0.3) is 0 Å². The summed E-state index contributed by atoms with van der Waals surface area (Å²) in [5.41, 5.74) is 0.426. The van der Waals surface area contributed by atoms with Crippen molar-refractivity contribution < 1.29 is 14.2 Å². The number of aliphatic hydroxyl groups excluding tert-OH is 1. The Morgan fingerprint density at radius 2 is 2.18 bits per heavy atom. The zero-order valence-electron chi connectivity index (χ0n) is 10.1. The number of hydrogen-bond acceptors (Lipinski definition) is 3. The first-order valence-electron chi connectivity index (χ1n) is 5.68. The van der Waals surface area contributed by atoms with E-state index in [2.05, 4.69) is 0 Å². The molecule has 0 spiro atoms. The summed E-state index contributed by atoms with van der Waals surface area (Å²) in [6.45, 7) is 5.21. The molecule has 0 aliphatic carbocycles. The number of aliphatic hydroxyl groups is 1. The van der Waals surface area contributed by atoms with Crippen molar-refractivity contribution in [3.05, 3.63) is 29.6 Å². The molecule has 1 aliphatic heterocycles. The van der Waals surface area contributed by atoms with Crippen LogP contribution in [0.2, 0.25) is 0 Å². The molecule has 0 amide bonds. The molecule has 94 valence electrons. The summed E-state index contributed by atoms with van der Waals surface area (Å²) in [7, 11) is 0. The average Bonchev–Trinajstić information content (AvgIpc) is 2.25. The van der Waals surface area contributed by atoms with E-state index in [0.717, 1.165) is 5.56 Å². The highest BCUT2D eigenvalue weighted by Gasteiger charge is 2.23. The lowest BCUT2D eigenvalue weighted by Crippen LogP contribution is -2.30. The molecule has 0 unspecified atom stereocenters. The summed E-state index contributed by atoms with van der Waals surface area (Å²) < 4.78 is 19.0. The van der Waals surface area contributed by atoms with E-state index in [-0.39, 0.29) is 12.4 Å². The Hall–Kier alpha value is -0.580. The van der Waals surface area contributed by atoms with Gasteiger partial charge in [0, 0.05) is 10.3 Å². The molecule has 1 N–H and O–H groups in total. The summed E-state index contributed by atoms with van der Waals surface area (Å²) >= 11 is 1.52. The van der Waals surface area contributed by atoms with E-state index in [4.69, 9.17) is 4.74 Å². The van der Waals surface area contributed by atoms with Crippen molar-refractivity contribution in [3.8, 4) is 0 Å². The van der Waals surface area contributed by atoms with Crippen LogP contribution in [0.5, 0.6) is 0 Å². The Morgan fingerprint density at radius 3 is 2.65 bits per heavy atom. The molecule has 0 aromatic heterocycles. The fourth-order valence-electron chi connectivity index (χ4n) is 1.57. The van der Waals surface area contributed by atoms with Crippen LogP contribution in [0.15, 0.2) is 23.1 Å². The third-order valence-electron chi connectivity index (χ3n) is 3.01. The smallest absolute Gasteiger partial charge is 0.137 e. The molecule has 1 aromatic rings. The van der Waals surface area contributed by atoms with Crippen molar-refractivity contribution in [2.75, 3.05) is 19.8 Å². The molecular weight excluding hydrogens is 239 g/mol. The van der Waals surface area contributed by atoms with Crippen LogP contribution in [-0.2, 0) is 10.2 Å². The predicted octanol–water partition coefficient (Wildman–Crippen LogP) is 2.59. The third kappa shape index (κ3) is 2.81. The van der Waals surface area contributed by atoms with Crippen LogP contribution in [0.4, 0.5) is 4.39 Å². The van der Waals surface area contributed by atoms with E-state index < -0.39 is 5.41 Å². The van der Waals surface area contributed by atoms with Gasteiger partial charge in [0.05, 0.1) is 25.1 Å². The van der Waals surface area contributed by atoms with Gasteiger partial charge in [0.25, 0.3) is 0 Å². The van der Waals surface area contributed by atoms with Gasteiger partial charge in [-0.1, -0.05) is 19.9 Å². The number of thioether (sulfide) groups is 1. The van der Waals surface area contributed by atoms with Gasteiger partial charge in [0.15, 0.2) is 0 Å². The van der Waals surface area contributed by atoms with Crippen molar-refractivity contribution in [1.29, 1.82) is 0 Å². The standard InChI is InChI=1S/C13H17FO2S/c1-13(2,8-15)9-3-4-12(11(14)5-9)17-10-6-16-7-10/h3-5,10,15H,6-8H2,1-2H3. The Bertz CT molecular complexity index is 402. The van der Waals surface area contributed by atoms with Gasteiger partial charge in [-0.25, -0.2) is 4.39 Å². The largest absolute Gasteiger partial charge is 0.395 e. The van der Waals surface area contributed by atoms with Gasteiger partial charge in [0.1, 0.15) is 5.82 Å². The Morgan fingerprint density at radius 1 is 1.47 bits per heavy atom. The van der Waals surface area contributed by atoms with Crippen LogP contribution in [0.3, 0.4) is 0 Å². The zero-order chi connectivity index (χ0) is 12.5. The fourth-order valence-corrected chi connectivity index (χ4v) is 2.58. The van der Waals surface area contributed by atoms with Gasteiger partial charge in [-0.15, -0.1) is 11.8 Å². The highest BCUT2D eigenvalue weighted by atomic mass is 32.2. The molecular formula is C13H17FO2S. The Balaban J connectivity index is 2.16. The molecule has 0 saturated carbocycles. The highest BCUT2D eigenvalue weighted by Crippen LogP contribution is 2.32. The van der Waals surface area contributed by atoms with Gasteiger partial charge in [-0.3, -0.25) is 0 Å². The summed E-state index contributed by atoms with van der Waals surface area (Å²) in [5, 5.41) is 9.63. The second-order valence-corrected chi connectivity index (χ2v) is 6.31. The minimum atomic E-state index is -0.399. The quantitative estimate of drug-likeness (QED) is 0.898. The highest BCUT2D eigenvalue weighted by molar-refractivity contribution is 8.00. The van der Waals surface area contributed by atoms with Crippen molar-refractivity contribution in [3.63, 3.8) is 0 Å². The molecule has 0 atom stereocenters. The monoisotopic (exact) mass is 256 g/mol. The van der Waals surface area contributed by atoms with E-state index in [1.807, 2.05) is 19.9 Å². The van der Waals surface area contributed by atoms with Crippen molar-refractivity contribution in [1.82, 2.24) is 0 Å². The van der Waals surface area contributed by atoms with E-state index in [1.54, 1.807) is 6.07 Å². The molecule has 1 fully saturated rings. The van der Waals surface area contributed by atoms with Crippen molar-refractivity contribution in [2.45, 2.75) is 29.4 Å². The van der Waals surface area contributed by atoms with Crippen molar-refractivity contribution >= 4 is 11.8 Å². The molecule has 0 bridgehead atoms. The molecule has 1 aliphatic rings. The van der Waals surface area contributed by atoms with E-state index in [9.17, 15) is 9.50 Å². The fraction of sp³-hybridized carbons (Fsp3) is 0.538. The topological polar surface area (TPSA) is 29.5 Å². The first-order chi connectivity index (χ1) is 8.03. The number of hydrogen-bond donors (Lipinski definition) is 1. The van der Waals surface area contributed by atoms with Crippen LogP contribution in [-0.4, -0.2) is 30.2 Å². The summed E-state index contributed by atoms with van der Waals surface area (Å²) in [6.07, 6.45) is 0. The van der Waals surface area contributed by atoms with E-state index in [0.29, 0.717) is 23.4 Å². The lowest BCUT2D eigenvalue weighted by molar-refractivity contribution is 0.0455. The lowest BCUT2D eigenvalue weighted by atomic mass is 9.86. The van der Waals surface area contributed by atoms with Crippen molar-refractivity contribution in [2.24, 2.45) is 0 Å². The maximum absolute atomic E-state index is 13.9. The average molecular weight is 256 g/mol. The van der Waals surface area contributed by atoms with Gasteiger partial charge in [-0.2, -0.15) is 0 Å². The molecule has 0 radical (unpaired) electrons. The minimum absolute atomic E-state index is 0.00932. The van der Waals surface area contributed by atoms with Crippen LogP contribution < -0.4 is 0 Å².